The van der Waals surface area contributed by atoms with Crippen LogP contribution in [0.4, 0.5) is 0 Å². The lowest BCUT2D eigenvalue weighted by Crippen LogP contribution is -2.50. The van der Waals surface area contributed by atoms with Crippen LogP contribution in [0.1, 0.15) is 43.9 Å². The topological polar surface area (TPSA) is 58.6 Å². The van der Waals surface area contributed by atoms with Gasteiger partial charge in [0.2, 0.25) is 11.8 Å². The molecule has 0 unspecified atom stereocenters. The van der Waals surface area contributed by atoms with Crippen LogP contribution in [0, 0.1) is 12.8 Å². The van der Waals surface area contributed by atoms with E-state index in [1.807, 2.05) is 62.4 Å². The van der Waals surface area contributed by atoms with Crippen LogP contribution in [0.25, 0.3) is 0 Å². The number of benzene rings is 2. The van der Waals surface area contributed by atoms with E-state index in [2.05, 4.69) is 19.2 Å². The first-order valence-electron chi connectivity index (χ1n) is 10.6. The zero-order chi connectivity index (χ0) is 22.1. The standard InChI is InChI=1S/C25H34N2O3/c1-6-23(25(29)26-16-18(2)3)27(17-21-9-7-19(4)8-10-21)24(28)15-20-11-13-22(30-5)14-12-20/h7-14,18,23H,6,15-17H2,1-5H3,(H,26,29)/t23-/m1/s1. The van der Waals surface area contributed by atoms with Crippen LogP contribution in [-0.4, -0.2) is 36.4 Å². The highest BCUT2D eigenvalue weighted by molar-refractivity contribution is 5.88. The number of amides is 2. The predicted molar refractivity (Wildman–Crippen MR) is 120 cm³/mol. The Kier molecular flexibility index (Phi) is 8.90. The monoisotopic (exact) mass is 410 g/mol. The molecule has 1 atom stereocenters. The Morgan fingerprint density at radius 2 is 1.60 bits per heavy atom. The molecule has 1 N–H and O–H groups in total. The minimum Gasteiger partial charge on any atom is -0.497 e. The molecular weight excluding hydrogens is 376 g/mol. The van der Waals surface area contributed by atoms with Crippen LogP contribution in [0.2, 0.25) is 0 Å². The fourth-order valence-corrected chi connectivity index (χ4v) is 3.25. The van der Waals surface area contributed by atoms with E-state index in [0.717, 1.165) is 22.4 Å². The molecule has 0 aliphatic carbocycles. The first-order chi connectivity index (χ1) is 14.3. The van der Waals surface area contributed by atoms with Gasteiger partial charge in [-0.15, -0.1) is 0 Å². The molecule has 0 bridgehead atoms. The van der Waals surface area contributed by atoms with Crippen molar-refractivity contribution in [3.63, 3.8) is 0 Å². The average Bonchev–Trinajstić information content (AvgIpc) is 2.74. The summed E-state index contributed by atoms with van der Waals surface area (Å²) in [5.74, 6) is 0.947. The predicted octanol–water partition coefficient (Wildman–Crippen LogP) is 4.13. The molecular formula is C25H34N2O3. The summed E-state index contributed by atoms with van der Waals surface area (Å²) >= 11 is 0. The van der Waals surface area contributed by atoms with Crippen LogP contribution in [0.15, 0.2) is 48.5 Å². The summed E-state index contributed by atoms with van der Waals surface area (Å²) < 4.78 is 5.20. The number of carbonyl (C=O) groups is 2. The zero-order valence-corrected chi connectivity index (χ0v) is 18.8. The summed E-state index contributed by atoms with van der Waals surface area (Å²) in [6.07, 6.45) is 0.800. The molecule has 2 aromatic rings. The van der Waals surface area contributed by atoms with Crippen molar-refractivity contribution in [2.45, 2.75) is 53.1 Å². The fourth-order valence-electron chi connectivity index (χ4n) is 3.25. The third kappa shape index (κ3) is 6.90. The molecule has 2 aromatic carbocycles. The van der Waals surface area contributed by atoms with Crippen LogP contribution in [-0.2, 0) is 22.6 Å². The molecule has 0 fully saturated rings. The van der Waals surface area contributed by atoms with Crippen molar-refractivity contribution in [2.75, 3.05) is 13.7 Å². The number of rotatable bonds is 10. The van der Waals surface area contributed by atoms with Gasteiger partial charge < -0.3 is 15.0 Å². The Labute approximate surface area is 180 Å². The molecule has 0 spiro atoms. The summed E-state index contributed by atoms with van der Waals surface area (Å²) in [5, 5.41) is 2.99. The van der Waals surface area contributed by atoms with E-state index in [9.17, 15) is 9.59 Å². The number of aryl methyl sites for hydroxylation is 1. The second-order valence-electron chi connectivity index (χ2n) is 8.10. The molecule has 2 amide bonds. The third-order valence-electron chi connectivity index (χ3n) is 5.06. The summed E-state index contributed by atoms with van der Waals surface area (Å²) in [6.45, 7) is 9.09. The van der Waals surface area contributed by atoms with E-state index < -0.39 is 6.04 Å². The van der Waals surface area contributed by atoms with Crippen molar-refractivity contribution in [1.82, 2.24) is 10.2 Å². The first-order valence-corrected chi connectivity index (χ1v) is 10.6. The SMILES string of the molecule is CC[C@H](C(=O)NCC(C)C)N(Cc1ccc(C)cc1)C(=O)Cc1ccc(OC)cc1. The molecule has 2 rings (SSSR count). The van der Waals surface area contributed by atoms with Gasteiger partial charge in [0.15, 0.2) is 0 Å². The largest absolute Gasteiger partial charge is 0.497 e. The molecule has 0 radical (unpaired) electrons. The molecule has 0 saturated heterocycles. The van der Waals surface area contributed by atoms with Crippen molar-refractivity contribution in [3.8, 4) is 5.75 Å². The minimum atomic E-state index is -0.504. The second kappa shape index (κ2) is 11.4. The van der Waals surface area contributed by atoms with Gasteiger partial charge in [0.1, 0.15) is 11.8 Å². The number of ether oxygens (including phenoxy) is 1. The second-order valence-corrected chi connectivity index (χ2v) is 8.10. The lowest BCUT2D eigenvalue weighted by molar-refractivity contribution is -0.141. The van der Waals surface area contributed by atoms with Gasteiger partial charge in [-0.2, -0.15) is 0 Å². The van der Waals surface area contributed by atoms with Crippen molar-refractivity contribution < 1.29 is 14.3 Å². The molecule has 162 valence electrons. The van der Waals surface area contributed by atoms with Gasteiger partial charge in [-0.05, 0) is 42.5 Å². The van der Waals surface area contributed by atoms with Crippen LogP contribution < -0.4 is 10.1 Å². The number of nitrogens with zero attached hydrogens (tertiary/aromatic N) is 1. The van der Waals surface area contributed by atoms with Crippen LogP contribution >= 0.6 is 0 Å². The van der Waals surface area contributed by atoms with E-state index in [1.54, 1.807) is 12.0 Å². The van der Waals surface area contributed by atoms with E-state index in [1.165, 1.54) is 0 Å². The number of hydrogen-bond donors (Lipinski definition) is 1. The highest BCUT2D eigenvalue weighted by Crippen LogP contribution is 2.17. The summed E-state index contributed by atoms with van der Waals surface area (Å²) in [6, 6.07) is 15.1. The van der Waals surface area contributed by atoms with Gasteiger partial charge in [0.05, 0.1) is 13.5 Å². The molecule has 0 heterocycles. The first kappa shape index (κ1) is 23.5. The Morgan fingerprint density at radius 3 is 2.13 bits per heavy atom. The van der Waals surface area contributed by atoms with E-state index in [-0.39, 0.29) is 18.2 Å². The van der Waals surface area contributed by atoms with Crippen molar-refractivity contribution >= 4 is 11.8 Å². The van der Waals surface area contributed by atoms with E-state index in [4.69, 9.17) is 4.74 Å². The molecule has 0 aliphatic rings. The Hall–Kier alpha value is -2.82. The maximum atomic E-state index is 13.3. The summed E-state index contributed by atoms with van der Waals surface area (Å²) in [4.78, 5) is 27.9. The highest BCUT2D eigenvalue weighted by Gasteiger charge is 2.28. The highest BCUT2D eigenvalue weighted by atomic mass is 16.5. The van der Waals surface area contributed by atoms with E-state index in [0.29, 0.717) is 25.4 Å². The minimum absolute atomic E-state index is 0.0627. The lowest BCUT2D eigenvalue weighted by Gasteiger charge is -2.31. The fraction of sp³-hybridized carbons (Fsp3) is 0.440. The van der Waals surface area contributed by atoms with Crippen molar-refractivity contribution in [2.24, 2.45) is 5.92 Å². The average molecular weight is 411 g/mol. The molecule has 5 heteroatoms. The van der Waals surface area contributed by atoms with Gasteiger partial charge in [-0.25, -0.2) is 0 Å². The summed E-state index contributed by atoms with van der Waals surface area (Å²) in [7, 11) is 1.62. The number of methoxy groups -OCH3 is 1. The van der Waals surface area contributed by atoms with Crippen molar-refractivity contribution in [1.29, 1.82) is 0 Å². The van der Waals surface area contributed by atoms with Gasteiger partial charge in [-0.3, -0.25) is 9.59 Å². The van der Waals surface area contributed by atoms with Crippen LogP contribution in [0.5, 0.6) is 5.75 Å². The Bertz CT molecular complexity index is 813. The van der Waals surface area contributed by atoms with E-state index >= 15 is 0 Å². The number of nitrogens with one attached hydrogen (secondary N) is 1. The zero-order valence-electron chi connectivity index (χ0n) is 18.8. The number of hydrogen-bond acceptors (Lipinski definition) is 3. The third-order valence-corrected chi connectivity index (χ3v) is 5.06. The quantitative estimate of drug-likeness (QED) is 0.641. The Morgan fingerprint density at radius 1 is 1.00 bits per heavy atom. The maximum absolute atomic E-state index is 13.3. The maximum Gasteiger partial charge on any atom is 0.242 e. The lowest BCUT2D eigenvalue weighted by atomic mass is 10.1. The van der Waals surface area contributed by atoms with Gasteiger partial charge in [-0.1, -0.05) is 62.7 Å². The molecule has 0 aromatic heterocycles. The number of carbonyl (C=O) groups excluding carboxylic acids is 2. The normalized spacial score (nSPS) is 11.8. The molecule has 5 nitrogen and oxygen atoms in total. The Balaban J connectivity index is 2.24. The molecule has 0 aliphatic heterocycles. The summed E-state index contributed by atoms with van der Waals surface area (Å²) in [5.41, 5.74) is 3.07. The molecule has 0 saturated carbocycles. The smallest absolute Gasteiger partial charge is 0.242 e. The van der Waals surface area contributed by atoms with Crippen molar-refractivity contribution in [3.05, 3.63) is 65.2 Å². The van der Waals surface area contributed by atoms with Gasteiger partial charge >= 0.3 is 0 Å². The van der Waals surface area contributed by atoms with Crippen LogP contribution in [0.3, 0.4) is 0 Å². The van der Waals surface area contributed by atoms with Gasteiger partial charge in [0.25, 0.3) is 0 Å². The van der Waals surface area contributed by atoms with Gasteiger partial charge in [0, 0.05) is 13.1 Å². The molecule has 30 heavy (non-hydrogen) atoms.